The predicted molar refractivity (Wildman–Crippen MR) is 107 cm³/mol. The van der Waals surface area contributed by atoms with E-state index in [1.54, 1.807) is 0 Å². The minimum atomic E-state index is -1.99. The Morgan fingerprint density at radius 2 is 1.80 bits per heavy atom. The van der Waals surface area contributed by atoms with Crippen LogP contribution in [0.2, 0.25) is 18.1 Å². The van der Waals surface area contributed by atoms with E-state index in [-0.39, 0.29) is 19.4 Å². The first-order valence-electron chi connectivity index (χ1n) is 8.67. The van der Waals surface area contributed by atoms with Crippen molar-refractivity contribution in [2.24, 2.45) is 0 Å². The van der Waals surface area contributed by atoms with Gasteiger partial charge in [0, 0.05) is 15.0 Å². The molecule has 1 atom stereocenters. The van der Waals surface area contributed by atoms with Crippen molar-refractivity contribution in [1.82, 2.24) is 5.32 Å². The minimum absolute atomic E-state index is 0. The lowest BCUT2D eigenvalue weighted by molar-refractivity contribution is -0.149. The fraction of sp³-hybridized carbons (Fsp3) is 0.632. The van der Waals surface area contributed by atoms with E-state index in [1.807, 2.05) is 18.2 Å². The smallest absolute Gasteiger partial charge is 0.333 e. The van der Waals surface area contributed by atoms with Crippen LogP contribution in [0.3, 0.4) is 0 Å². The molecule has 0 aliphatic carbocycles. The average molecular weight is 362 g/mol. The summed E-state index contributed by atoms with van der Waals surface area (Å²) in [6.45, 7) is 12.5. The van der Waals surface area contributed by atoms with Gasteiger partial charge in [0.1, 0.15) is 6.10 Å². The molecule has 0 bridgehead atoms. The van der Waals surface area contributed by atoms with Crippen LogP contribution in [0, 0.1) is 0 Å². The molecule has 3 radical (unpaired) electrons. The molecular formula is C19H33BNO3Si. The number of hydrogen-bond donors (Lipinski definition) is 1. The predicted octanol–water partition coefficient (Wildman–Crippen LogP) is 3.74. The zero-order valence-electron chi connectivity index (χ0n) is 16.6. The van der Waals surface area contributed by atoms with Crippen LogP contribution in [0.1, 0.15) is 39.2 Å². The maximum absolute atomic E-state index is 12.1. The van der Waals surface area contributed by atoms with Gasteiger partial charge in [-0.05, 0) is 43.1 Å². The highest BCUT2D eigenvalue weighted by molar-refractivity contribution is 6.74. The average Bonchev–Trinajstić information content (AvgIpc) is 2.52. The number of carbonyl (C=O) groups is 1. The summed E-state index contributed by atoms with van der Waals surface area (Å²) in [6, 6.07) is 10.3. The summed E-state index contributed by atoms with van der Waals surface area (Å²) in [6.07, 6.45) is 1.09. The van der Waals surface area contributed by atoms with E-state index >= 15 is 0 Å². The van der Waals surface area contributed by atoms with Gasteiger partial charge in [-0.3, -0.25) is 0 Å². The number of methoxy groups -OCH3 is 1. The molecule has 0 amide bonds. The standard InChI is InChI=1S/C19H33NO3Si.B/c1-19(2,3)24(5,6)23-17(18(21)22-4)13-10-14-20-15-16-11-8-7-9-12-16;/h7-9,11-12,17,20H,10,13-15H2,1-6H3;/t17-;/m0./s1. The molecule has 0 saturated heterocycles. The summed E-state index contributed by atoms with van der Waals surface area (Å²) in [7, 11) is -0.561. The summed E-state index contributed by atoms with van der Waals surface area (Å²) < 4.78 is 11.2. The number of carbonyl (C=O) groups excluding carboxylic acids is 1. The quantitative estimate of drug-likeness (QED) is 0.413. The van der Waals surface area contributed by atoms with Crippen LogP contribution in [-0.2, 0) is 20.5 Å². The fourth-order valence-corrected chi connectivity index (χ4v) is 3.41. The van der Waals surface area contributed by atoms with Crippen molar-refractivity contribution in [1.29, 1.82) is 0 Å². The Hall–Kier alpha value is -1.11. The molecule has 1 N–H and O–H groups in total. The first-order valence-corrected chi connectivity index (χ1v) is 11.6. The molecule has 139 valence electrons. The molecule has 0 aliphatic rings. The third-order valence-corrected chi connectivity index (χ3v) is 9.19. The second-order valence-electron chi connectivity index (χ2n) is 7.69. The van der Waals surface area contributed by atoms with E-state index < -0.39 is 14.4 Å². The van der Waals surface area contributed by atoms with Crippen molar-refractivity contribution in [3.63, 3.8) is 0 Å². The summed E-state index contributed by atoms with van der Waals surface area (Å²) in [5, 5.41) is 3.48. The van der Waals surface area contributed by atoms with Crippen molar-refractivity contribution in [3.8, 4) is 0 Å². The number of benzene rings is 1. The van der Waals surface area contributed by atoms with Gasteiger partial charge in [-0.25, -0.2) is 4.79 Å². The Labute approximate surface area is 156 Å². The first kappa shape index (κ1) is 23.9. The van der Waals surface area contributed by atoms with Crippen LogP contribution in [0.15, 0.2) is 30.3 Å². The van der Waals surface area contributed by atoms with Crippen LogP contribution in [0.4, 0.5) is 0 Å². The molecule has 6 heteroatoms. The molecular weight excluding hydrogens is 329 g/mol. The Morgan fingerprint density at radius 1 is 1.20 bits per heavy atom. The minimum Gasteiger partial charge on any atom is -0.467 e. The highest BCUT2D eigenvalue weighted by Crippen LogP contribution is 2.37. The second-order valence-corrected chi connectivity index (χ2v) is 12.5. The van der Waals surface area contributed by atoms with E-state index in [9.17, 15) is 4.79 Å². The molecule has 0 heterocycles. The van der Waals surface area contributed by atoms with Gasteiger partial charge in [0.25, 0.3) is 0 Å². The Bertz CT molecular complexity index is 503. The van der Waals surface area contributed by atoms with Gasteiger partial charge < -0.3 is 14.5 Å². The SMILES string of the molecule is COC(=O)[C@H](CCCNCc1ccccc1)O[Si](C)(C)C(C)(C)C.[B]. The largest absolute Gasteiger partial charge is 0.467 e. The Balaban J connectivity index is 0.00000576. The highest BCUT2D eigenvalue weighted by atomic mass is 28.4. The fourth-order valence-electron chi connectivity index (χ4n) is 2.13. The van der Waals surface area contributed by atoms with Crippen molar-refractivity contribution >= 4 is 22.7 Å². The lowest BCUT2D eigenvalue weighted by Crippen LogP contribution is -2.46. The zero-order chi connectivity index (χ0) is 18.2. The molecule has 0 saturated carbocycles. The van der Waals surface area contributed by atoms with Crippen molar-refractivity contribution in [2.75, 3.05) is 13.7 Å². The Morgan fingerprint density at radius 3 is 2.32 bits per heavy atom. The van der Waals surface area contributed by atoms with E-state index in [0.717, 1.165) is 19.5 Å². The van der Waals surface area contributed by atoms with Crippen LogP contribution >= 0.6 is 0 Å². The van der Waals surface area contributed by atoms with Gasteiger partial charge in [-0.15, -0.1) is 0 Å². The first-order chi connectivity index (χ1) is 11.2. The van der Waals surface area contributed by atoms with Crippen LogP contribution in [-0.4, -0.2) is 42.5 Å². The normalized spacial score (nSPS) is 13.0. The van der Waals surface area contributed by atoms with E-state index in [2.05, 4.69) is 51.3 Å². The number of hydrogen-bond acceptors (Lipinski definition) is 4. The van der Waals surface area contributed by atoms with Crippen molar-refractivity contribution in [2.45, 2.75) is 64.4 Å². The summed E-state index contributed by atoms with van der Waals surface area (Å²) >= 11 is 0. The number of esters is 1. The van der Waals surface area contributed by atoms with Gasteiger partial charge in [0.05, 0.1) is 7.11 Å². The molecule has 25 heavy (non-hydrogen) atoms. The molecule has 1 aromatic carbocycles. The number of ether oxygens (including phenoxy) is 1. The summed E-state index contributed by atoms with van der Waals surface area (Å²) in [5.74, 6) is -0.261. The van der Waals surface area contributed by atoms with Crippen LogP contribution < -0.4 is 5.32 Å². The molecule has 4 nitrogen and oxygen atoms in total. The maximum Gasteiger partial charge on any atom is 0.333 e. The lowest BCUT2D eigenvalue weighted by Gasteiger charge is -2.38. The van der Waals surface area contributed by atoms with Gasteiger partial charge in [0.2, 0.25) is 0 Å². The van der Waals surface area contributed by atoms with Crippen molar-refractivity contribution < 1.29 is 14.0 Å². The summed E-state index contributed by atoms with van der Waals surface area (Å²) in [5.41, 5.74) is 1.26. The molecule has 1 aromatic rings. The highest BCUT2D eigenvalue weighted by Gasteiger charge is 2.40. The van der Waals surface area contributed by atoms with Crippen LogP contribution in [0.5, 0.6) is 0 Å². The number of nitrogens with one attached hydrogen (secondary N) is 1. The Kier molecular flexibility index (Phi) is 10.3. The lowest BCUT2D eigenvalue weighted by atomic mass is 10.2. The third kappa shape index (κ3) is 8.21. The number of rotatable bonds is 9. The van der Waals surface area contributed by atoms with Gasteiger partial charge >= 0.3 is 5.97 Å². The monoisotopic (exact) mass is 362 g/mol. The zero-order valence-corrected chi connectivity index (χ0v) is 17.6. The van der Waals surface area contributed by atoms with Gasteiger partial charge in [-0.1, -0.05) is 51.1 Å². The van der Waals surface area contributed by atoms with E-state index in [4.69, 9.17) is 9.16 Å². The molecule has 0 spiro atoms. The third-order valence-electron chi connectivity index (χ3n) is 4.70. The molecule has 0 aromatic heterocycles. The second kappa shape index (κ2) is 10.8. The van der Waals surface area contributed by atoms with Crippen molar-refractivity contribution in [3.05, 3.63) is 35.9 Å². The topological polar surface area (TPSA) is 47.6 Å². The van der Waals surface area contributed by atoms with Crippen LogP contribution in [0.25, 0.3) is 0 Å². The molecule has 0 fully saturated rings. The molecule has 0 aliphatic heterocycles. The van der Waals surface area contributed by atoms with E-state index in [0.29, 0.717) is 6.42 Å². The maximum atomic E-state index is 12.1. The van der Waals surface area contributed by atoms with E-state index in [1.165, 1.54) is 12.7 Å². The molecule has 1 rings (SSSR count). The molecule has 0 unspecified atom stereocenters. The van der Waals surface area contributed by atoms with Gasteiger partial charge in [-0.2, -0.15) is 0 Å². The summed E-state index contributed by atoms with van der Waals surface area (Å²) in [4.78, 5) is 12.1. The van der Waals surface area contributed by atoms with Gasteiger partial charge in [0.15, 0.2) is 8.32 Å².